The van der Waals surface area contributed by atoms with Crippen LogP contribution in [-0.4, -0.2) is 35.8 Å². The molecule has 4 bridgehead atoms. The fraction of sp³-hybridized carbons (Fsp3) is 0.560. The second kappa shape index (κ2) is 7.81. The van der Waals surface area contributed by atoms with Gasteiger partial charge in [0.1, 0.15) is 0 Å². The number of H-pyrrole nitrogens is 1. The number of hydrogen-bond acceptors (Lipinski definition) is 4. The Morgan fingerprint density at radius 1 is 1.06 bits per heavy atom. The summed E-state index contributed by atoms with van der Waals surface area (Å²) in [6.07, 6.45) is 6.99. The Morgan fingerprint density at radius 3 is 2.39 bits per heavy atom. The summed E-state index contributed by atoms with van der Waals surface area (Å²) in [6.45, 7) is 1.82. The SMILES string of the molecule is Cc1[nH]c2ccccc2c1C(=O)COC(=O)CCNC(=O)C12CC3CC(CC(C3)C1)C2. The van der Waals surface area contributed by atoms with Crippen LogP contribution in [0, 0.1) is 30.1 Å². The van der Waals surface area contributed by atoms with Crippen molar-refractivity contribution < 1.29 is 19.1 Å². The lowest BCUT2D eigenvalue weighted by atomic mass is 9.49. The van der Waals surface area contributed by atoms with Crippen molar-refractivity contribution in [2.24, 2.45) is 23.2 Å². The summed E-state index contributed by atoms with van der Waals surface area (Å²) in [5.41, 5.74) is 2.02. The van der Waals surface area contributed by atoms with Crippen LogP contribution in [-0.2, 0) is 14.3 Å². The summed E-state index contributed by atoms with van der Waals surface area (Å²) in [5.74, 6) is 1.56. The van der Waals surface area contributed by atoms with Crippen molar-refractivity contribution in [3.63, 3.8) is 0 Å². The molecule has 6 nitrogen and oxygen atoms in total. The highest BCUT2D eigenvalue weighted by atomic mass is 16.5. The topological polar surface area (TPSA) is 88.3 Å². The number of carbonyl (C=O) groups is 3. The van der Waals surface area contributed by atoms with E-state index < -0.39 is 5.97 Å². The van der Waals surface area contributed by atoms with Gasteiger partial charge in [0.25, 0.3) is 0 Å². The summed E-state index contributed by atoms with van der Waals surface area (Å²) in [7, 11) is 0. The average molecular weight is 423 g/mol. The van der Waals surface area contributed by atoms with E-state index in [1.807, 2.05) is 31.2 Å². The number of Topliss-reactive ketones (excluding diaryl/α,β-unsaturated/α-hetero) is 1. The van der Waals surface area contributed by atoms with E-state index in [2.05, 4.69) is 10.3 Å². The summed E-state index contributed by atoms with van der Waals surface area (Å²) in [4.78, 5) is 40.9. The van der Waals surface area contributed by atoms with Gasteiger partial charge in [-0.2, -0.15) is 0 Å². The lowest BCUT2D eigenvalue weighted by molar-refractivity contribution is -0.147. The molecular formula is C25H30N2O4. The number of para-hydroxylation sites is 1. The Morgan fingerprint density at radius 2 is 1.71 bits per heavy atom. The van der Waals surface area contributed by atoms with Gasteiger partial charge in [-0.15, -0.1) is 0 Å². The Balaban J connectivity index is 1.10. The van der Waals surface area contributed by atoms with Crippen LogP contribution < -0.4 is 5.32 Å². The summed E-state index contributed by atoms with van der Waals surface area (Å²) >= 11 is 0. The third-order valence-corrected chi connectivity index (χ3v) is 7.67. The van der Waals surface area contributed by atoms with Gasteiger partial charge < -0.3 is 15.0 Å². The van der Waals surface area contributed by atoms with Crippen molar-refractivity contribution in [3.05, 3.63) is 35.5 Å². The van der Waals surface area contributed by atoms with Crippen molar-refractivity contribution in [2.75, 3.05) is 13.2 Å². The van der Waals surface area contributed by atoms with Crippen LogP contribution in [0.3, 0.4) is 0 Å². The number of ketones is 1. The van der Waals surface area contributed by atoms with E-state index in [1.54, 1.807) is 0 Å². The molecule has 0 spiro atoms. The van der Waals surface area contributed by atoms with E-state index in [0.717, 1.165) is 35.9 Å². The summed E-state index contributed by atoms with van der Waals surface area (Å²) in [5, 5.41) is 3.83. The minimum atomic E-state index is -0.461. The van der Waals surface area contributed by atoms with Gasteiger partial charge in [-0.3, -0.25) is 14.4 Å². The Hall–Kier alpha value is -2.63. The van der Waals surface area contributed by atoms with Crippen LogP contribution in [0.15, 0.2) is 24.3 Å². The molecule has 1 aromatic heterocycles. The van der Waals surface area contributed by atoms with E-state index >= 15 is 0 Å². The predicted molar refractivity (Wildman–Crippen MR) is 117 cm³/mol. The van der Waals surface area contributed by atoms with E-state index in [0.29, 0.717) is 23.3 Å². The van der Waals surface area contributed by atoms with Gasteiger partial charge in [0, 0.05) is 34.1 Å². The second-order valence-electron chi connectivity index (χ2n) is 9.96. The molecule has 2 aromatic rings. The largest absolute Gasteiger partial charge is 0.457 e. The monoisotopic (exact) mass is 422 g/mol. The van der Waals surface area contributed by atoms with Crippen LogP contribution >= 0.6 is 0 Å². The van der Waals surface area contributed by atoms with Gasteiger partial charge in [0.05, 0.1) is 6.42 Å². The minimum absolute atomic E-state index is 0.0816. The number of aromatic amines is 1. The molecule has 1 aromatic carbocycles. The first-order valence-corrected chi connectivity index (χ1v) is 11.5. The number of fused-ring (bicyclic) bond motifs is 1. The van der Waals surface area contributed by atoms with Gasteiger partial charge in [-0.1, -0.05) is 18.2 Å². The first kappa shape index (κ1) is 20.3. The first-order valence-electron chi connectivity index (χ1n) is 11.5. The predicted octanol–water partition coefficient (Wildman–Crippen LogP) is 3.92. The van der Waals surface area contributed by atoms with Gasteiger partial charge >= 0.3 is 5.97 Å². The molecule has 4 aliphatic rings. The van der Waals surface area contributed by atoms with Gasteiger partial charge in [0.2, 0.25) is 11.7 Å². The fourth-order valence-corrected chi connectivity index (χ4v) is 6.78. The number of benzene rings is 1. The van der Waals surface area contributed by atoms with Gasteiger partial charge in [0.15, 0.2) is 6.61 Å². The smallest absolute Gasteiger partial charge is 0.308 e. The second-order valence-corrected chi connectivity index (χ2v) is 9.96. The maximum Gasteiger partial charge on any atom is 0.308 e. The number of aryl methyl sites for hydroxylation is 1. The zero-order valence-corrected chi connectivity index (χ0v) is 18.0. The molecule has 4 aliphatic carbocycles. The van der Waals surface area contributed by atoms with Crippen molar-refractivity contribution in [1.82, 2.24) is 10.3 Å². The lowest BCUT2D eigenvalue weighted by Gasteiger charge is -2.55. The number of nitrogens with one attached hydrogen (secondary N) is 2. The Kier molecular flexibility index (Phi) is 5.11. The van der Waals surface area contributed by atoms with Crippen LogP contribution in [0.5, 0.6) is 0 Å². The molecule has 1 heterocycles. The maximum absolute atomic E-state index is 12.9. The molecule has 0 radical (unpaired) electrons. The molecule has 31 heavy (non-hydrogen) atoms. The number of rotatable bonds is 7. The zero-order valence-electron chi connectivity index (χ0n) is 18.0. The van der Waals surface area contributed by atoms with Crippen LogP contribution in [0.2, 0.25) is 0 Å². The quantitative estimate of drug-likeness (QED) is 0.523. The summed E-state index contributed by atoms with van der Waals surface area (Å²) < 4.78 is 5.21. The summed E-state index contributed by atoms with van der Waals surface area (Å²) in [6, 6.07) is 7.58. The molecule has 0 atom stereocenters. The number of aromatic nitrogens is 1. The molecule has 0 aliphatic heterocycles. The number of esters is 1. The number of hydrogen-bond donors (Lipinski definition) is 2. The molecule has 164 valence electrons. The molecule has 6 rings (SSSR count). The first-order chi connectivity index (χ1) is 14.9. The number of carbonyl (C=O) groups excluding carboxylic acids is 3. The normalized spacial score (nSPS) is 28.6. The van der Waals surface area contributed by atoms with E-state index in [1.165, 1.54) is 19.3 Å². The zero-order chi connectivity index (χ0) is 21.6. The van der Waals surface area contributed by atoms with Crippen molar-refractivity contribution in [2.45, 2.75) is 51.9 Å². The third-order valence-electron chi connectivity index (χ3n) is 7.67. The van der Waals surface area contributed by atoms with Crippen LogP contribution in [0.4, 0.5) is 0 Å². The van der Waals surface area contributed by atoms with Crippen molar-refractivity contribution in [3.8, 4) is 0 Å². The van der Waals surface area contributed by atoms with E-state index in [4.69, 9.17) is 4.74 Å². The maximum atomic E-state index is 12.9. The lowest BCUT2D eigenvalue weighted by Crippen LogP contribution is -2.53. The Bertz CT molecular complexity index is 1000. The molecule has 0 saturated heterocycles. The van der Waals surface area contributed by atoms with E-state index in [-0.39, 0.29) is 36.7 Å². The number of ether oxygens (including phenoxy) is 1. The molecular weight excluding hydrogens is 392 g/mol. The number of amides is 1. The standard InChI is InChI=1S/C25H30N2O4/c1-15-23(19-4-2-3-5-20(19)27-15)21(28)14-31-22(29)6-7-26-24(30)25-11-16-8-17(12-25)10-18(9-16)13-25/h2-5,16-18,27H,6-14H2,1H3,(H,26,30). The highest BCUT2D eigenvalue weighted by Gasteiger charge is 2.54. The van der Waals surface area contributed by atoms with Crippen LogP contribution in [0.1, 0.15) is 61.0 Å². The van der Waals surface area contributed by atoms with E-state index in [9.17, 15) is 14.4 Å². The third kappa shape index (κ3) is 3.77. The molecule has 6 heteroatoms. The highest BCUT2D eigenvalue weighted by molar-refractivity contribution is 6.10. The highest BCUT2D eigenvalue weighted by Crippen LogP contribution is 2.60. The molecule has 4 saturated carbocycles. The van der Waals surface area contributed by atoms with Crippen molar-refractivity contribution >= 4 is 28.6 Å². The molecule has 2 N–H and O–H groups in total. The minimum Gasteiger partial charge on any atom is -0.457 e. The fourth-order valence-electron chi connectivity index (χ4n) is 6.78. The van der Waals surface area contributed by atoms with Crippen molar-refractivity contribution in [1.29, 1.82) is 0 Å². The Labute approximate surface area is 182 Å². The average Bonchev–Trinajstić information content (AvgIpc) is 3.06. The molecule has 1 amide bonds. The molecule has 4 fully saturated rings. The van der Waals surface area contributed by atoms with Crippen LogP contribution in [0.25, 0.3) is 10.9 Å². The van der Waals surface area contributed by atoms with Gasteiger partial charge in [-0.25, -0.2) is 0 Å². The molecule has 0 unspecified atom stereocenters. The van der Waals surface area contributed by atoms with Gasteiger partial charge in [-0.05, 0) is 69.3 Å².